The molecule has 2 heterocycles. The summed E-state index contributed by atoms with van der Waals surface area (Å²) in [6, 6.07) is 18.9. The molecular formula is C26H28N2. The van der Waals surface area contributed by atoms with Crippen LogP contribution >= 0.6 is 0 Å². The second-order valence-electron chi connectivity index (χ2n) is 8.73. The quantitative estimate of drug-likeness (QED) is 0.542. The molecule has 28 heavy (non-hydrogen) atoms. The lowest BCUT2D eigenvalue weighted by Gasteiger charge is -2.40. The van der Waals surface area contributed by atoms with Crippen LogP contribution in [-0.4, -0.2) is 16.0 Å². The van der Waals surface area contributed by atoms with Crippen molar-refractivity contribution in [1.29, 1.82) is 0 Å². The van der Waals surface area contributed by atoms with Gasteiger partial charge in [0.1, 0.15) is 0 Å². The molecule has 2 nitrogen and oxygen atoms in total. The van der Waals surface area contributed by atoms with Gasteiger partial charge in [0.2, 0.25) is 0 Å². The largest absolute Gasteiger partial charge is 0.342 e. The van der Waals surface area contributed by atoms with Crippen molar-refractivity contribution in [3.8, 4) is 0 Å². The molecule has 3 aromatic rings. The third-order valence-electron chi connectivity index (χ3n) is 7.12. The van der Waals surface area contributed by atoms with E-state index in [1.165, 1.54) is 60.6 Å². The highest BCUT2D eigenvalue weighted by Crippen LogP contribution is 2.44. The van der Waals surface area contributed by atoms with Gasteiger partial charge < -0.3 is 4.57 Å². The number of nitrogens with zero attached hydrogens (tertiary/aromatic N) is 2. The molecule has 0 amide bonds. The van der Waals surface area contributed by atoms with Gasteiger partial charge in [-0.25, -0.2) is 0 Å². The minimum Gasteiger partial charge on any atom is -0.342 e. The second kappa shape index (κ2) is 6.63. The van der Waals surface area contributed by atoms with Crippen molar-refractivity contribution in [2.75, 3.05) is 6.54 Å². The van der Waals surface area contributed by atoms with Gasteiger partial charge in [-0.2, -0.15) is 0 Å². The van der Waals surface area contributed by atoms with Crippen LogP contribution in [-0.2, 0) is 19.5 Å². The van der Waals surface area contributed by atoms with Crippen molar-refractivity contribution in [2.24, 2.45) is 0 Å². The number of fused-ring (bicyclic) bond motifs is 3. The summed E-state index contributed by atoms with van der Waals surface area (Å²) in [6.07, 6.45) is 10.1. The Morgan fingerprint density at radius 3 is 2.71 bits per heavy atom. The molecule has 0 spiro atoms. The van der Waals surface area contributed by atoms with Crippen molar-refractivity contribution < 1.29 is 0 Å². The number of aromatic nitrogens is 1. The molecule has 2 aliphatic carbocycles. The molecule has 1 aromatic heterocycles. The van der Waals surface area contributed by atoms with Crippen molar-refractivity contribution in [3.05, 3.63) is 77.0 Å². The van der Waals surface area contributed by atoms with Gasteiger partial charge in [-0.05, 0) is 72.9 Å². The van der Waals surface area contributed by atoms with E-state index in [1.54, 1.807) is 16.8 Å². The molecule has 0 bridgehead atoms. The zero-order valence-electron chi connectivity index (χ0n) is 16.5. The van der Waals surface area contributed by atoms with E-state index in [-0.39, 0.29) is 0 Å². The maximum atomic E-state index is 2.73. The number of rotatable bonds is 3. The summed E-state index contributed by atoms with van der Waals surface area (Å²) < 4.78 is 2.66. The van der Waals surface area contributed by atoms with Crippen LogP contribution in [0.2, 0.25) is 0 Å². The molecule has 0 fully saturated rings. The Hall–Kier alpha value is -2.32. The van der Waals surface area contributed by atoms with Gasteiger partial charge >= 0.3 is 0 Å². The molecule has 3 aliphatic rings. The Morgan fingerprint density at radius 1 is 0.929 bits per heavy atom. The van der Waals surface area contributed by atoms with Crippen LogP contribution in [0.5, 0.6) is 0 Å². The van der Waals surface area contributed by atoms with E-state index in [1.807, 2.05) is 0 Å². The first-order chi connectivity index (χ1) is 13.9. The van der Waals surface area contributed by atoms with E-state index < -0.39 is 0 Å². The fourth-order valence-corrected chi connectivity index (χ4v) is 5.82. The standard InChI is InChI=1S/C26H28N2/c1-2-7-19(8-3-1)18-27-15-16-28-24-14-13-21(20-9-4-5-10-20)17-23(24)22-11-6-12-25(27)26(22)28/h1-3,7-9,13-14,17,25H,4-6,10-12,15-16,18H2. The van der Waals surface area contributed by atoms with Crippen LogP contribution < -0.4 is 0 Å². The normalized spacial score (nSPS) is 21.7. The van der Waals surface area contributed by atoms with Crippen LogP contribution in [0.3, 0.4) is 0 Å². The van der Waals surface area contributed by atoms with Crippen LogP contribution in [0, 0.1) is 0 Å². The number of hydrogen-bond donors (Lipinski definition) is 0. The molecule has 0 saturated heterocycles. The molecule has 6 rings (SSSR count). The summed E-state index contributed by atoms with van der Waals surface area (Å²) >= 11 is 0. The monoisotopic (exact) mass is 368 g/mol. The minimum absolute atomic E-state index is 0.583. The number of allylic oxidation sites excluding steroid dienone is 2. The first-order valence-corrected chi connectivity index (χ1v) is 11.0. The summed E-state index contributed by atoms with van der Waals surface area (Å²) in [5, 5.41) is 1.53. The summed E-state index contributed by atoms with van der Waals surface area (Å²) in [6.45, 7) is 3.35. The van der Waals surface area contributed by atoms with Gasteiger partial charge in [-0.1, -0.05) is 42.5 Å². The first kappa shape index (κ1) is 16.6. The lowest BCUT2D eigenvalue weighted by molar-refractivity contribution is 0.133. The number of benzene rings is 2. The highest BCUT2D eigenvalue weighted by molar-refractivity contribution is 5.89. The van der Waals surface area contributed by atoms with Gasteiger partial charge in [0, 0.05) is 36.2 Å². The Morgan fingerprint density at radius 2 is 1.86 bits per heavy atom. The summed E-state index contributed by atoms with van der Waals surface area (Å²) in [5.41, 5.74) is 9.21. The van der Waals surface area contributed by atoms with Crippen LogP contribution in [0.1, 0.15) is 60.5 Å². The molecule has 0 N–H and O–H groups in total. The SMILES string of the molecule is C1=C(c2ccc3c(c2)c2c4n3CCN(Cc3ccccc3)C4CCC2)CCC1. The van der Waals surface area contributed by atoms with E-state index >= 15 is 0 Å². The van der Waals surface area contributed by atoms with Crippen molar-refractivity contribution >= 4 is 16.5 Å². The molecule has 1 aliphatic heterocycles. The smallest absolute Gasteiger partial charge is 0.0508 e. The van der Waals surface area contributed by atoms with Gasteiger partial charge in [-0.3, -0.25) is 4.90 Å². The van der Waals surface area contributed by atoms with E-state index in [0.29, 0.717) is 6.04 Å². The number of aryl methyl sites for hydroxylation is 1. The maximum absolute atomic E-state index is 2.73. The van der Waals surface area contributed by atoms with E-state index in [0.717, 1.165) is 19.6 Å². The van der Waals surface area contributed by atoms with E-state index in [9.17, 15) is 0 Å². The molecule has 0 saturated carbocycles. The summed E-state index contributed by atoms with van der Waals surface area (Å²) in [5.74, 6) is 0. The fourth-order valence-electron chi connectivity index (χ4n) is 5.82. The molecule has 142 valence electrons. The Kier molecular flexibility index (Phi) is 3.94. The Labute approximate surface area is 167 Å². The molecule has 2 heteroatoms. The van der Waals surface area contributed by atoms with Crippen LogP contribution in [0.25, 0.3) is 16.5 Å². The lowest BCUT2D eigenvalue weighted by atomic mass is 9.89. The fraction of sp³-hybridized carbons (Fsp3) is 0.385. The molecular weight excluding hydrogens is 340 g/mol. The lowest BCUT2D eigenvalue weighted by Crippen LogP contribution is -2.39. The van der Waals surface area contributed by atoms with Crippen LogP contribution in [0.15, 0.2) is 54.6 Å². The third kappa shape index (κ3) is 2.58. The van der Waals surface area contributed by atoms with E-state index in [2.05, 4.69) is 64.1 Å². The molecule has 0 radical (unpaired) electrons. The minimum atomic E-state index is 0.583. The van der Waals surface area contributed by atoms with Gasteiger partial charge in [0.25, 0.3) is 0 Å². The molecule has 2 aromatic carbocycles. The maximum Gasteiger partial charge on any atom is 0.0508 e. The highest BCUT2D eigenvalue weighted by Gasteiger charge is 2.34. The van der Waals surface area contributed by atoms with E-state index in [4.69, 9.17) is 0 Å². The van der Waals surface area contributed by atoms with Gasteiger partial charge in [-0.15, -0.1) is 0 Å². The number of hydrogen-bond acceptors (Lipinski definition) is 1. The van der Waals surface area contributed by atoms with Crippen molar-refractivity contribution in [2.45, 2.75) is 57.7 Å². The topological polar surface area (TPSA) is 8.17 Å². The average Bonchev–Trinajstić information content (AvgIpc) is 3.39. The molecule has 1 atom stereocenters. The van der Waals surface area contributed by atoms with Gasteiger partial charge in [0.15, 0.2) is 0 Å². The van der Waals surface area contributed by atoms with Crippen molar-refractivity contribution in [1.82, 2.24) is 9.47 Å². The predicted octanol–water partition coefficient (Wildman–Crippen LogP) is 6.10. The van der Waals surface area contributed by atoms with Crippen LogP contribution in [0.4, 0.5) is 0 Å². The zero-order valence-corrected chi connectivity index (χ0v) is 16.5. The average molecular weight is 369 g/mol. The third-order valence-corrected chi connectivity index (χ3v) is 7.12. The zero-order chi connectivity index (χ0) is 18.5. The first-order valence-electron chi connectivity index (χ1n) is 11.0. The second-order valence-corrected chi connectivity index (χ2v) is 8.73. The summed E-state index contributed by atoms with van der Waals surface area (Å²) in [7, 11) is 0. The Bertz CT molecular complexity index is 1060. The van der Waals surface area contributed by atoms with Crippen molar-refractivity contribution in [3.63, 3.8) is 0 Å². The highest BCUT2D eigenvalue weighted by atomic mass is 15.2. The predicted molar refractivity (Wildman–Crippen MR) is 116 cm³/mol. The summed E-state index contributed by atoms with van der Waals surface area (Å²) in [4.78, 5) is 2.73. The van der Waals surface area contributed by atoms with Gasteiger partial charge in [0.05, 0.1) is 6.04 Å². The Balaban J connectivity index is 1.43. The molecule has 1 unspecified atom stereocenters.